The van der Waals surface area contributed by atoms with Gasteiger partial charge in [-0.3, -0.25) is 0 Å². The number of amides is 2. The minimum atomic E-state index is -0.545. The van der Waals surface area contributed by atoms with Gasteiger partial charge in [-0.25, -0.2) is 9.18 Å². The first kappa shape index (κ1) is 12.6. The van der Waals surface area contributed by atoms with Crippen LogP contribution in [0.4, 0.5) is 9.18 Å². The summed E-state index contributed by atoms with van der Waals surface area (Å²) in [6, 6.07) is 6.34. The number of rotatable bonds is 4. The van der Waals surface area contributed by atoms with Crippen molar-refractivity contribution < 1.29 is 9.18 Å². The summed E-state index contributed by atoms with van der Waals surface area (Å²) in [5, 5.41) is 5.54. The van der Waals surface area contributed by atoms with E-state index in [0.29, 0.717) is 12.1 Å². The third-order valence-electron chi connectivity index (χ3n) is 3.36. The standard InChI is InChI=1S/C14H17FN2O/c1-2-10-16-13(18)17-14(8-5-9-14)11-6-3-4-7-12(11)15/h2-4,6-7H,1,5,8-10H2,(H2,16,17,18). The summed E-state index contributed by atoms with van der Waals surface area (Å²) in [5.74, 6) is -0.263. The highest BCUT2D eigenvalue weighted by Crippen LogP contribution is 2.42. The van der Waals surface area contributed by atoms with Gasteiger partial charge in [0.2, 0.25) is 0 Å². The van der Waals surface area contributed by atoms with Gasteiger partial charge in [0.25, 0.3) is 0 Å². The Hall–Kier alpha value is -1.84. The molecule has 0 aliphatic heterocycles. The first-order valence-corrected chi connectivity index (χ1v) is 6.10. The molecule has 0 radical (unpaired) electrons. The Kier molecular flexibility index (Phi) is 3.65. The van der Waals surface area contributed by atoms with Crippen LogP contribution in [0.2, 0.25) is 0 Å². The topological polar surface area (TPSA) is 41.1 Å². The monoisotopic (exact) mass is 248 g/mol. The fourth-order valence-corrected chi connectivity index (χ4v) is 2.27. The van der Waals surface area contributed by atoms with Crippen LogP contribution in [0.15, 0.2) is 36.9 Å². The van der Waals surface area contributed by atoms with Crippen molar-refractivity contribution in [2.75, 3.05) is 6.54 Å². The number of halogens is 1. The Labute approximate surface area is 106 Å². The second-order valence-electron chi connectivity index (χ2n) is 4.54. The second kappa shape index (κ2) is 5.21. The fraction of sp³-hybridized carbons (Fsp3) is 0.357. The molecule has 18 heavy (non-hydrogen) atoms. The molecule has 0 unspecified atom stereocenters. The molecule has 1 aliphatic rings. The van der Waals surface area contributed by atoms with Gasteiger partial charge in [-0.05, 0) is 25.3 Å². The van der Waals surface area contributed by atoms with E-state index in [-0.39, 0.29) is 11.8 Å². The zero-order valence-electron chi connectivity index (χ0n) is 10.2. The number of hydrogen-bond acceptors (Lipinski definition) is 1. The van der Waals surface area contributed by atoms with Crippen molar-refractivity contribution in [3.05, 3.63) is 48.3 Å². The van der Waals surface area contributed by atoms with Gasteiger partial charge in [0.1, 0.15) is 5.82 Å². The predicted molar refractivity (Wildman–Crippen MR) is 68.7 cm³/mol. The van der Waals surface area contributed by atoms with E-state index in [1.54, 1.807) is 24.3 Å². The van der Waals surface area contributed by atoms with Crippen LogP contribution < -0.4 is 10.6 Å². The molecule has 0 aromatic heterocycles. The lowest BCUT2D eigenvalue weighted by molar-refractivity contribution is 0.174. The molecule has 2 rings (SSSR count). The van der Waals surface area contributed by atoms with E-state index < -0.39 is 5.54 Å². The smallest absolute Gasteiger partial charge is 0.315 e. The molecule has 1 aliphatic carbocycles. The molecule has 1 saturated carbocycles. The number of benzene rings is 1. The van der Waals surface area contributed by atoms with E-state index in [4.69, 9.17) is 0 Å². The average Bonchev–Trinajstić information content (AvgIpc) is 2.32. The lowest BCUT2D eigenvalue weighted by atomic mass is 9.71. The number of hydrogen-bond donors (Lipinski definition) is 2. The molecule has 96 valence electrons. The van der Waals surface area contributed by atoms with Crippen molar-refractivity contribution in [2.45, 2.75) is 24.8 Å². The van der Waals surface area contributed by atoms with E-state index in [1.807, 2.05) is 0 Å². The van der Waals surface area contributed by atoms with Crippen molar-refractivity contribution in [3.63, 3.8) is 0 Å². The molecule has 2 N–H and O–H groups in total. The number of carbonyl (C=O) groups excluding carboxylic acids is 1. The van der Waals surface area contributed by atoms with E-state index in [2.05, 4.69) is 17.2 Å². The summed E-state index contributed by atoms with van der Waals surface area (Å²) in [6.45, 7) is 3.94. The summed E-state index contributed by atoms with van der Waals surface area (Å²) >= 11 is 0. The maximum atomic E-state index is 13.8. The molecule has 0 bridgehead atoms. The minimum absolute atomic E-state index is 0.263. The van der Waals surface area contributed by atoms with Crippen LogP contribution in [-0.2, 0) is 5.54 Å². The molecule has 0 atom stereocenters. The first-order valence-electron chi connectivity index (χ1n) is 6.10. The SMILES string of the molecule is C=CCNC(=O)NC1(c2ccccc2F)CCC1. The van der Waals surface area contributed by atoms with Crippen LogP contribution in [0.3, 0.4) is 0 Å². The predicted octanol–water partition coefficient (Wildman–Crippen LogP) is 2.69. The molecular weight excluding hydrogens is 231 g/mol. The minimum Gasteiger partial charge on any atom is -0.335 e. The highest BCUT2D eigenvalue weighted by Gasteiger charge is 2.41. The summed E-state index contributed by atoms with van der Waals surface area (Å²) in [7, 11) is 0. The van der Waals surface area contributed by atoms with Gasteiger partial charge in [-0.15, -0.1) is 6.58 Å². The summed E-state index contributed by atoms with van der Waals surface area (Å²) in [6.07, 6.45) is 4.15. The summed E-state index contributed by atoms with van der Waals surface area (Å²) in [5.41, 5.74) is 0.0290. The van der Waals surface area contributed by atoms with E-state index in [9.17, 15) is 9.18 Å². The molecular formula is C14H17FN2O. The highest BCUT2D eigenvalue weighted by atomic mass is 19.1. The third kappa shape index (κ3) is 2.37. The van der Waals surface area contributed by atoms with Crippen molar-refractivity contribution in [1.82, 2.24) is 10.6 Å². The maximum absolute atomic E-state index is 13.8. The van der Waals surface area contributed by atoms with Gasteiger partial charge in [-0.1, -0.05) is 24.3 Å². The fourth-order valence-electron chi connectivity index (χ4n) is 2.27. The van der Waals surface area contributed by atoms with Gasteiger partial charge in [0, 0.05) is 12.1 Å². The molecule has 3 nitrogen and oxygen atoms in total. The highest BCUT2D eigenvalue weighted by molar-refractivity contribution is 5.75. The van der Waals surface area contributed by atoms with Gasteiger partial charge in [-0.2, -0.15) is 0 Å². The number of urea groups is 1. The zero-order valence-corrected chi connectivity index (χ0v) is 10.2. The van der Waals surface area contributed by atoms with Gasteiger partial charge in [0.15, 0.2) is 0 Å². The molecule has 0 spiro atoms. The van der Waals surface area contributed by atoms with E-state index >= 15 is 0 Å². The van der Waals surface area contributed by atoms with Crippen molar-refractivity contribution in [3.8, 4) is 0 Å². The third-order valence-corrected chi connectivity index (χ3v) is 3.36. The van der Waals surface area contributed by atoms with Crippen LogP contribution in [-0.4, -0.2) is 12.6 Å². The molecule has 1 fully saturated rings. The largest absolute Gasteiger partial charge is 0.335 e. The number of carbonyl (C=O) groups is 1. The quantitative estimate of drug-likeness (QED) is 0.790. The van der Waals surface area contributed by atoms with E-state index in [1.165, 1.54) is 6.07 Å². The summed E-state index contributed by atoms with van der Waals surface area (Å²) < 4.78 is 13.8. The van der Waals surface area contributed by atoms with Crippen molar-refractivity contribution >= 4 is 6.03 Å². The first-order chi connectivity index (χ1) is 8.68. The van der Waals surface area contributed by atoms with Gasteiger partial charge >= 0.3 is 6.03 Å². The number of nitrogens with one attached hydrogen (secondary N) is 2. The molecule has 4 heteroatoms. The van der Waals surface area contributed by atoms with Crippen LogP contribution in [0.1, 0.15) is 24.8 Å². The second-order valence-corrected chi connectivity index (χ2v) is 4.54. The lowest BCUT2D eigenvalue weighted by Gasteiger charge is -2.43. The molecule has 1 aromatic rings. The Bertz CT molecular complexity index is 455. The average molecular weight is 248 g/mol. The lowest BCUT2D eigenvalue weighted by Crippen LogP contribution is -2.54. The molecule has 0 heterocycles. The van der Waals surface area contributed by atoms with Crippen molar-refractivity contribution in [2.24, 2.45) is 0 Å². The van der Waals surface area contributed by atoms with Crippen molar-refractivity contribution in [1.29, 1.82) is 0 Å². The molecule has 2 amide bonds. The maximum Gasteiger partial charge on any atom is 0.315 e. The zero-order chi connectivity index (χ0) is 13.0. The Morgan fingerprint density at radius 3 is 2.72 bits per heavy atom. The Morgan fingerprint density at radius 2 is 2.17 bits per heavy atom. The summed E-state index contributed by atoms with van der Waals surface area (Å²) in [4.78, 5) is 11.7. The van der Waals surface area contributed by atoms with Gasteiger partial charge in [0.05, 0.1) is 5.54 Å². The normalized spacial score (nSPS) is 16.5. The van der Waals surface area contributed by atoms with Crippen LogP contribution in [0.25, 0.3) is 0 Å². The van der Waals surface area contributed by atoms with Gasteiger partial charge < -0.3 is 10.6 Å². The van der Waals surface area contributed by atoms with Crippen LogP contribution in [0.5, 0.6) is 0 Å². The van der Waals surface area contributed by atoms with Crippen LogP contribution in [0, 0.1) is 5.82 Å². The molecule has 0 saturated heterocycles. The Balaban J connectivity index is 2.14. The Morgan fingerprint density at radius 1 is 1.44 bits per heavy atom. The molecule has 1 aromatic carbocycles. The van der Waals surface area contributed by atoms with Crippen LogP contribution >= 0.6 is 0 Å². The van der Waals surface area contributed by atoms with E-state index in [0.717, 1.165) is 19.3 Å².